The summed E-state index contributed by atoms with van der Waals surface area (Å²) >= 11 is 0. The lowest BCUT2D eigenvalue weighted by atomic mass is 10.1. The third kappa shape index (κ3) is 5.05. The highest BCUT2D eigenvalue weighted by molar-refractivity contribution is 5.88. The first-order valence-corrected chi connectivity index (χ1v) is 11.1. The zero-order chi connectivity index (χ0) is 21.5. The number of para-hydroxylation sites is 2. The Labute approximate surface area is 183 Å². The molecule has 1 heterocycles. The van der Waals surface area contributed by atoms with Crippen LogP contribution in [-0.4, -0.2) is 28.6 Å². The molecule has 0 aliphatic heterocycles. The molecular weight excluding hydrogens is 386 g/mol. The van der Waals surface area contributed by atoms with Gasteiger partial charge in [-0.25, -0.2) is 4.98 Å². The second-order valence-corrected chi connectivity index (χ2v) is 7.65. The third-order valence-corrected chi connectivity index (χ3v) is 5.49. The first kappa shape index (κ1) is 20.9. The molecular formula is C26H29N3O2. The summed E-state index contributed by atoms with van der Waals surface area (Å²) in [4.78, 5) is 16.3. The van der Waals surface area contributed by atoms with Crippen molar-refractivity contribution in [2.75, 3.05) is 13.2 Å². The lowest BCUT2D eigenvalue weighted by Crippen LogP contribution is -2.23. The van der Waals surface area contributed by atoms with Crippen LogP contribution in [-0.2, 0) is 17.8 Å². The van der Waals surface area contributed by atoms with E-state index in [-0.39, 0.29) is 5.91 Å². The molecule has 0 aliphatic carbocycles. The summed E-state index contributed by atoms with van der Waals surface area (Å²) in [7, 11) is 0. The van der Waals surface area contributed by atoms with Crippen LogP contribution in [0.4, 0.5) is 0 Å². The van der Waals surface area contributed by atoms with Gasteiger partial charge in [0.1, 0.15) is 11.6 Å². The standard InChI is InChI=1S/C26H29N3O2/c1-2-26(30)27-17-8-16-25-28-22-13-5-6-14-23(22)29(25)18-9-19-31-24-15-7-11-20-10-3-4-12-21(20)24/h3-7,10-15H,2,8-9,16-19H2,1H3,(H,27,30). The predicted octanol–water partition coefficient (Wildman–Crippen LogP) is 5.12. The van der Waals surface area contributed by atoms with Gasteiger partial charge in [0.15, 0.2) is 0 Å². The summed E-state index contributed by atoms with van der Waals surface area (Å²) in [6, 6.07) is 22.7. The molecule has 31 heavy (non-hydrogen) atoms. The fourth-order valence-corrected chi connectivity index (χ4v) is 3.89. The van der Waals surface area contributed by atoms with E-state index >= 15 is 0 Å². The van der Waals surface area contributed by atoms with Crippen LogP contribution < -0.4 is 10.1 Å². The average Bonchev–Trinajstić information content (AvgIpc) is 3.16. The van der Waals surface area contributed by atoms with Gasteiger partial charge in [-0.05, 0) is 36.4 Å². The van der Waals surface area contributed by atoms with Crippen LogP contribution in [0.2, 0.25) is 0 Å². The molecule has 0 bridgehead atoms. The van der Waals surface area contributed by atoms with Gasteiger partial charge in [-0.15, -0.1) is 0 Å². The molecule has 0 saturated heterocycles. The zero-order valence-electron chi connectivity index (χ0n) is 18.0. The van der Waals surface area contributed by atoms with Gasteiger partial charge in [-0.3, -0.25) is 4.79 Å². The summed E-state index contributed by atoms with van der Waals surface area (Å²) in [6.45, 7) is 4.05. The van der Waals surface area contributed by atoms with Gasteiger partial charge in [0.25, 0.3) is 0 Å². The van der Waals surface area contributed by atoms with Crippen molar-refractivity contribution in [2.45, 2.75) is 39.2 Å². The molecule has 0 radical (unpaired) electrons. The molecule has 0 atom stereocenters. The molecule has 0 aliphatic rings. The maximum atomic E-state index is 11.5. The maximum Gasteiger partial charge on any atom is 0.219 e. The number of amides is 1. The molecule has 3 aromatic carbocycles. The summed E-state index contributed by atoms with van der Waals surface area (Å²) < 4.78 is 8.42. The molecule has 4 aromatic rings. The lowest BCUT2D eigenvalue weighted by Gasteiger charge is -2.12. The number of imidazole rings is 1. The number of nitrogens with one attached hydrogen (secondary N) is 1. The fourth-order valence-electron chi connectivity index (χ4n) is 3.89. The molecule has 0 saturated carbocycles. The molecule has 5 nitrogen and oxygen atoms in total. The van der Waals surface area contributed by atoms with Crippen LogP contribution in [0.1, 0.15) is 32.0 Å². The number of ether oxygens (including phenoxy) is 1. The highest BCUT2D eigenvalue weighted by Gasteiger charge is 2.10. The largest absolute Gasteiger partial charge is 0.493 e. The number of hydrogen-bond acceptors (Lipinski definition) is 3. The number of rotatable bonds is 10. The van der Waals surface area contributed by atoms with Gasteiger partial charge in [-0.1, -0.05) is 55.5 Å². The van der Waals surface area contributed by atoms with Gasteiger partial charge < -0.3 is 14.6 Å². The number of aryl methyl sites for hydroxylation is 2. The zero-order valence-corrected chi connectivity index (χ0v) is 18.0. The number of benzene rings is 3. The lowest BCUT2D eigenvalue weighted by molar-refractivity contribution is -0.120. The molecule has 0 spiro atoms. The molecule has 160 valence electrons. The van der Waals surface area contributed by atoms with Crippen molar-refractivity contribution in [2.24, 2.45) is 0 Å². The quantitative estimate of drug-likeness (QED) is 0.366. The normalized spacial score (nSPS) is 11.1. The molecule has 5 heteroatoms. The highest BCUT2D eigenvalue weighted by atomic mass is 16.5. The van der Waals surface area contributed by atoms with Crippen molar-refractivity contribution < 1.29 is 9.53 Å². The van der Waals surface area contributed by atoms with E-state index in [9.17, 15) is 4.79 Å². The van der Waals surface area contributed by atoms with E-state index in [0.29, 0.717) is 19.6 Å². The van der Waals surface area contributed by atoms with Gasteiger partial charge in [-0.2, -0.15) is 0 Å². The molecule has 0 unspecified atom stereocenters. The number of fused-ring (bicyclic) bond motifs is 2. The number of nitrogens with zero attached hydrogens (tertiary/aromatic N) is 2. The Bertz CT molecular complexity index is 1160. The van der Waals surface area contributed by atoms with E-state index in [4.69, 9.17) is 9.72 Å². The third-order valence-electron chi connectivity index (χ3n) is 5.49. The van der Waals surface area contributed by atoms with E-state index in [1.165, 1.54) is 5.39 Å². The van der Waals surface area contributed by atoms with Crippen LogP contribution in [0, 0.1) is 0 Å². The first-order chi connectivity index (χ1) is 15.3. The summed E-state index contributed by atoms with van der Waals surface area (Å²) in [5.41, 5.74) is 2.17. The highest BCUT2D eigenvalue weighted by Crippen LogP contribution is 2.25. The van der Waals surface area contributed by atoms with E-state index in [0.717, 1.165) is 53.8 Å². The number of hydrogen-bond donors (Lipinski definition) is 1. The van der Waals surface area contributed by atoms with Gasteiger partial charge in [0, 0.05) is 31.3 Å². The van der Waals surface area contributed by atoms with Crippen LogP contribution in [0.3, 0.4) is 0 Å². The van der Waals surface area contributed by atoms with Crippen molar-refractivity contribution >= 4 is 27.7 Å². The van der Waals surface area contributed by atoms with Gasteiger partial charge in [0.2, 0.25) is 5.91 Å². The molecule has 1 N–H and O–H groups in total. The smallest absolute Gasteiger partial charge is 0.219 e. The van der Waals surface area contributed by atoms with E-state index in [1.807, 2.05) is 37.3 Å². The first-order valence-electron chi connectivity index (χ1n) is 11.1. The fraction of sp³-hybridized carbons (Fsp3) is 0.308. The maximum absolute atomic E-state index is 11.5. The summed E-state index contributed by atoms with van der Waals surface area (Å²) in [6.07, 6.45) is 3.13. The second-order valence-electron chi connectivity index (χ2n) is 7.65. The number of aromatic nitrogens is 2. The second kappa shape index (κ2) is 10.1. The Morgan fingerprint density at radius 2 is 1.81 bits per heavy atom. The number of carbonyl (C=O) groups is 1. The predicted molar refractivity (Wildman–Crippen MR) is 125 cm³/mol. The van der Waals surface area contributed by atoms with Gasteiger partial charge in [0.05, 0.1) is 17.6 Å². The van der Waals surface area contributed by atoms with Gasteiger partial charge >= 0.3 is 0 Å². The van der Waals surface area contributed by atoms with Crippen molar-refractivity contribution in [1.82, 2.24) is 14.9 Å². The minimum absolute atomic E-state index is 0.0964. The Morgan fingerprint density at radius 1 is 1.00 bits per heavy atom. The summed E-state index contributed by atoms with van der Waals surface area (Å²) in [5, 5.41) is 5.28. The SMILES string of the molecule is CCC(=O)NCCCc1nc2ccccc2n1CCCOc1cccc2ccccc12. The Morgan fingerprint density at radius 3 is 2.71 bits per heavy atom. The van der Waals surface area contributed by atoms with Crippen LogP contribution in [0.5, 0.6) is 5.75 Å². The van der Waals surface area contributed by atoms with E-state index < -0.39 is 0 Å². The minimum atomic E-state index is 0.0964. The van der Waals surface area contributed by atoms with Crippen molar-refractivity contribution in [3.8, 4) is 5.75 Å². The Balaban J connectivity index is 1.39. The number of carbonyl (C=O) groups excluding carboxylic acids is 1. The summed E-state index contributed by atoms with van der Waals surface area (Å²) in [5.74, 6) is 2.09. The topological polar surface area (TPSA) is 56.2 Å². The molecule has 0 fully saturated rings. The van der Waals surface area contributed by atoms with Crippen LogP contribution >= 0.6 is 0 Å². The van der Waals surface area contributed by atoms with Crippen LogP contribution in [0.25, 0.3) is 21.8 Å². The van der Waals surface area contributed by atoms with E-state index in [1.54, 1.807) is 0 Å². The molecule has 1 amide bonds. The van der Waals surface area contributed by atoms with Crippen LogP contribution in [0.15, 0.2) is 66.7 Å². The average molecular weight is 416 g/mol. The van der Waals surface area contributed by atoms with Crippen molar-refractivity contribution in [3.05, 3.63) is 72.6 Å². The monoisotopic (exact) mass is 415 g/mol. The minimum Gasteiger partial charge on any atom is -0.493 e. The van der Waals surface area contributed by atoms with Crippen molar-refractivity contribution in [3.63, 3.8) is 0 Å². The van der Waals surface area contributed by atoms with Crippen molar-refractivity contribution in [1.29, 1.82) is 0 Å². The Kier molecular flexibility index (Phi) is 6.82. The van der Waals surface area contributed by atoms with E-state index in [2.05, 4.69) is 46.3 Å². The molecule has 4 rings (SSSR count). The molecule has 1 aromatic heterocycles. The Hall–Kier alpha value is -3.34.